The molecule has 1 aliphatic rings. The minimum absolute atomic E-state index is 0.125. The first-order valence-corrected chi connectivity index (χ1v) is 6.78. The average molecular weight is 300 g/mol. The lowest BCUT2D eigenvalue weighted by molar-refractivity contribution is 0.0257. The van der Waals surface area contributed by atoms with Crippen molar-refractivity contribution in [1.29, 1.82) is 0 Å². The van der Waals surface area contributed by atoms with Gasteiger partial charge in [-0.2, -0.15) is 0 Å². The maximum Gasteiger partial charge on any atom is 0.266 e. The maximum atomic E-state index is 13.2. The summed E-state index contributed by atoms with van der Waals surface area (Å²) in [5, 5.41) is 0. The van der Waals surface area contributed by atoms with Gasteiger partial charge in [-0.05, 0) is 24.4 Å². The molecule has 0 aliphatic carbocycles. The van der Waals surface area contributed by atoms with E-state index in [1.165, 1.54) is 7.11 Å². The second-order valence-electron chi connectivity index (χ2n) is 5.18. The lowest BCUT2D eigenvalue weighted by Gasteiger charge is -2.22. The van der Waals surface area contributed by atoms with Crippen molar-refractivity contribution in [3.8, 4) is 0 Å². The molecule has 0 aromatic heterocycles. The van der Waals surface area contributed by atoms with Crippen molar-refractivity contribution in [1.82, 2.24) is 0 Å². The smallest absolute Gasteiger partial charge is 0.266 e. The molecule has 1 heterocycles. The van der Waals surface area contributed by atoms with E-state index >= 15 is 0 Å². The zero-order valence-corrected chi connectivity index (χ0v) is 11.9. The van der Waals surface area contributed by atoms with Crippen LogP contribution in [0.1, 0.15) is 18.1 Å². The van der Waals surface area contributed by atoms with E-state index in [1.54, 1.807) is 29.2 Å². The second kappa shape index (κ2) is 6.47. The Balaban J connectivity index is 2.13. The summed E-state index contributed by atoms with van der Waals surface area (Å²) in [5.74, 6) is -2.63. The van der Waals surface area contributed by atoms with Gasteiger partial charge in [0.25, 0.3) is 5.92 Å². The van der Waals surface area contributed by atoms with E-state index in [1.807, 2.05) is 0 Å². The van der Waals surface area contributed by atoms with Gasteiger partial charge in [-0.15, -0.1) is 0 Å². The minimum atomic E-state index is -2.63. The zero-order valence-electron chi connectivity index (χ0n) is 11.9. The fourth-order valence-corrected chi connectivity index (χ4v) is 2.57. The molecule has 116 valence electrons. The molecule has 0 spiro atoms. The van der Waals surface area contributed by atoms with E-state index in [9.17, 15) is 13.2 Å². The highest BCUT2D eigenvalue weighted by Gasteiger charge is 2.38. The van der Waals surface area contributed by atoms with Crippen LogP contribution in [0.2, 0.25) is 0 Å². The van der Waals surface area contributed by atoms with Gasteiger partial charge >= 0.3 is 0 Å². The van der Waals surface area contributed by atoms with Crippen molar-refractivity contribution in [3.05, 3.63) is 29.8 Å². The number of hydrogen-bond acceptors (Lipinski definition) is 3. The van der Waals surface area contributed by atoms with Gasteiger partial charge in [0.2, 0.25) is 0 Å². The third-order valence-electron chi connectivity index (χ3n) is 3.75. The van der Waals surface area contributed by atoms with Crippen LogP contribution in [0.15, 0.2) is 29.3 Å². The molecule has 21 heavy (non-hydrogen) atoms. The summed E-state index contributed by atoms with van der Waals surface area (Å²) >= 11 is 0. The van der Waals surface area contributed by atoms with Gasteiger partial charge in [0.15, 0.2) is 0 Å². The van der Waals surface area contributed by atoms with Crippen LogP contribution in [0.25, 0.3) is 0 Å². The molecule has 0 saturated carbocycles. The van der Waals surface area contributed by atoms with Gasteiger partial charge in [-0.1, -0.05) is 12.1 Å². The average Bonchev–Trinajstić information content (AvgIpc) is 2.85. The molecule has 0 radical (unpaired) electrons. The topological polar surface area (TPSA) is 24.8 Å². The number of alkyl halides is 3. The largest absolute Gasteiger partial charge is 0.374 e. The lowest BCUT2D eigenvalue weighted by atomic mass is 10.0. The summed E-state index contributed by atoms with van der Waals surface area (Å²) in [7, 11) is 1.48. The van der Waals surface area contributed by atoms with Crippen LogP contribution >= 0.6 is 0 Å². The number of benzene rings is 1. The van der Waals surface area contributed by atoms with Gasteiger partial charge in [0.1, 0.15) is 18.8 Å². The Labute approximate surface area is 122 Å². The Morgan fingerprint density at radius 2 is 2.05 bits per heavy atom. The summed E-state index contributed by atoms with van der Waals surface area (Å²) in [6.45, 7) is 2.77. The number of rotatable bonds is 6. The van der Waals surface area contributed by atoms with E-state index < -0.39 is 24.7 Å². The SMILES string of the molecule is C=N[C@H](CF)[C@H](OC)c1ccc(N2CCC(F)(F)C2)cc1. The Hall–Kier alpha value is -1.56. The molecule has 0 unspecified atom stereocenters. The van der Waals surface area contributed by atoms with E-state index in [4.69, 9.17) is 4.74 Å². The fourth-order valence-electron chi connectivity index (χ4n) is 2.57. The first-order chi connectivity index (χ1) is 10.0. The van der Waals surface area contributed by atoms with Crippen molar-refractivity contribution in [2.75, 3.05) is 31.8 Å². The third kappa shape index (κ3) is 3.56. The number of aliphatic imine (C=N–C) groups is 1. The molecule has 0 amide bonds. The fraction of sp³-hybridized carbons (Fsp3) is 0.533. The molecular weight excluding hydrogens is 281 g/mol. The Bertz CT molecular complexity index is 478. The molecule has 2 atom stereocenters. The lowest BCUT2D eigenvalue weighted by Crippen LogP contribution is -2.25. The highest BCUT2D eigenvalue weighted by molar-refractivity contribution is 5.49. The maximum absolute atomic E-state index is 13.2. The van der Waals surface area contributed by atoms with Crippen LogP contribution in [0, 0.1) is 0 Å². The first kappa shape index (κ1) is 15.8. The predicted molar refractivity (Wildman–Crippen MR) is 77.3 cm³/mol. The first-order valence-electron chi connectivity index (χ1n) is 6.78. The molecule has 0 N–H and O–H groups in total. The standard InChI is InChI=1S/C15H19F3N2O/c1-19-13(9-16)14(21-2)11-3-5-12(6-4-11)20-8-7-15(17,18)10-20/h3-6,13-14H,1,7-10H2,2H3/t13-,14-/m1/s1. The van der Waals surface area contributed by atoms with Gasteiger partial charge in [-0.25, -0.2) is 13.2 Å². The zero-order chi connectivity index (χ0) is 15.5. The molecule has 6 heteroatoms. The predicted octanol–water partition coefficient (Wildman–Crippen LogP) is 3.26. The molecule has 2 rings (SSSR count). The molecule has 3 nitrogen and oxygen atoms in total. The van der Waals surface area contributed by atoms with E-state index in [0.29, 0.717) is 6.54 Å². The Morgan fingerprint density at radius 1 is 1.38 bits per heavy atom. The van der Waals surface area contributed by atoms with Crippen LogP contribution in [0.4, 0.5) is 18.9 Å². The van der Waals surface area contributed by atoms with E-state index in [2.05, 4.69) is 11.7 Å². The molecule has 1 fully saturated rings. The van der Waals surface area contributed by atoms with Crippen LogP contribution in [-0.4, -0.2) is 45.6 Å². The van der Waals surface area contributed by atoms with Crippen molar-refractivity contribution in [2.45, 2.75) is 24.5 Å². The molecule has 0 bridgehead atoms. The number of anilines is 1. The van der Waals surface area contributed by atoms with Crippen LogP contribution in [-0.2, 0) is 4.74 Å². The number of ether oxygens (including phenoxy) is 1. The number of halogens is 3. The molecular formula is C15H19F3N2O. The van der Waals surface area contributed by atoms with Crippen LogP contribution < -0.4 is 4.90 Å². The van der Waals surface area contributed by atoms with E-state index in [-0.39, 0.29) is 13.0 Å². The van der Waals surface area contributed by atoms with Crippen molar-refractivity contribution in [2.24, 2.45) is 4.99 Å². The summed E-state index contributed by atoms with van der Waals surface area (Å²) in [6, 6.07) is 6.35. The molecule has 1 saturated heterocycles. The van der Waals surface area contributed by atoms with Crippen LogP contribution in [0.5, 0.6) is 0 Å². The van der Waals surface area contributed by atoms with Gasteiger partial charge in [0, 0.05) is 25.8 Å². The van der Waals surface area contributed by atoms with Crippen LogP contribution in [0.3, 0.4) is 0 Å². The molecule has 1 aromatic carbocycles. The normalized spacial score (nSPS) is 20.3. The van der Waals surface area contributed by atoms with Crippen molar-refractivity contribution in [3.63, 3.8) is 0 Å². The van der Waals surface area contributed by atoms with Gasteiger partial charge in [0.05, 0.1) is 6.54 Å². The van der Waals surface area contributed by atoms with Crippen molar-refractivity contribution >= 4 is 12.4 Å². The van der Waals surface area contributed by atoms with Crippen molar-refractivity contribution < 1.29 is 17.9 Å². The monoisotopic (exact) mass is 300 g/mol. The number of methoxy groups -OCH3 is 1. The summed E-state index contributed by atoms with van der Waals surface area (Å²) in [5.41, 5.74) is 1.48. The quantitative estimate of drug-likeness (QED) is 0.753. The van der Waals surface area contributed by atoms with Gasteiger partial charge < -0.3 is 9.64 Å². The number of nitrogens with zero attached hydrogens (tertiary/aromatic N) is 2. The Morgan fingerprint density at radius 3 is 2.48 bits per heavy atom. The highest BCUT2D eigenvalue weighted by Crippen LogP contribution is 2.32. The summed E-state index contributed by atoms with van der Waals surface area (Å²) in [6.07, 6.45) is -0.652. The third-order valence-corrected chi connectivity index (χ3v) is 3.75. The van der Waals surface area contributed by atoms with E-state index in [0.717, 1.165) is 11.3 Å². The molecule has 1 aromatic rings. The highest BCUT2D eigenvalue weighted by atomic mass is 19.3. The second-order valence-corrected chi connectivity index (χ2v) is 5.18. The molecule has 1 aliphatic heterocycles. The summed E-state index contributed by atoms with van der Waals surface area (Å²) < 4.78 is 44.6. The number of hydrogen-bond donors (Lipinski definition) is 0. The van der Waals surface area contributed by atoms with Gasteiger partial charge in [-0.3, -0.25) is 4.99 Å². The Kier molecular flexibility index (Phi) is 4.88. The minimum Gasteiger partial charge on any atom is -0.374 e. The summed E-state index contributed by atoms with van der Waals surface area (Å²) in [4.78, 5) is 5.36.